The van der Waals surface area contributed by atoms with E-state index in [9.17, 15) is 4.79 Å². The van der Waals surface area contributed by atoms with E-state index in [1.165, 1.54) is 0 Å². The maximum absolute atomic E-state index is 12.9. The van der Waals surface area contributed by atoms with Crippen LogP contribution < -0.4 is 10.1 Å². The lowest BCUT2D eigenvalue weighted by Crippen LogP contribution is -2.32. The zero-order chi connectivity index (χ0) is 16.7. The minimum Gasteiger partial charge on any atom is -0.493 e. The Labute approximate surface area is 148 Å². The van der Waals surface area contributed by atoms with Crippen LogP contribution in [0.15, 0.2) is 53.1 Å². The lowest BCUT2D eigenvalue weighted by atomic mass is 10.00. The number of aryl methyl sites for hydroxylation is 1. The van der Waals surface area contributed by atoms with Crippen LogP contribution in [0.5, 0.6) is 5.75 Å². The number of amides is 1. The Hall–Kier alpha value is -2.27. The summed E-state index contributed by atoms with van der Waals surface area (Å²) in [7, 11) is 1.96. The summed E-state index contributed by atoms with van der Waals surface area (Å²) in [4.78, 5) is 12.9. The molecular formula is C19H17BrN2O2. The number of hydrogen-bond donors (Lipinski definition) is 1. The number of aromatic nitrogens is 1. The molecule has 1 amide bonds. The number of ether oxygens (including phenoxy) is 1. The van der Waals surface area contributed by atoms with Crippen molar-refractivity contribution in [1.29, 1.82) is 0 Å². The first-order chi connectivity index (χ1) is 11.6. The van der Waals surface area contributed by atoms with E-state index in [0.29, 0.717) is 12.2 Å². The van der Waals surface area contributed by atoms with Crippen molar-refractivity contribution in [3.05, 3.63) is 64.3 Å². The number of benzene rings is 2. The van der Waals surface area contributed by atoms with Crippen LogP contribution in [-0.2, 0) is 7.05 Å². The van der Waals surface area contributed by atoms with Crippen molar-refractivity contribution in [2.45, 2.75) is 12.5 Å². The Bertz CT molecular complexity index is 932. The molecule has 122 valence electrons. The second-order valence-electron chi connectivity index (χ2n) is 6.02. The first-order valence-electron chi connectivity index (χ1n) is 7.90. The first kappa shape index (κ1) is 15.3. The maximum atomic E-state index is 12.9. The molecule has 4 rings (SSSR count). The van der Waals surface area contributed by atoms with Crippen LogP contribution in [-0.4, -0.2) is 17.1 Å². The number of para-hydroxylation sites is 1. The molecule has 1 aliphatic heterocycles. The molecule has 0 bridgehead atoms. The summed E-state index contributed by atoms with van der Waals surface area (Å²) in [5, 5.41) is 4.14. The van der Waals surface area contributed by atoms with Crippen molar-refractivity contribution in [3.63, 3.8) is 0 Å². The van der Waals surface area contributed by atoms with Crippen molar-refractivity contribution >= 4 is 32.7 Å². The summed E-state index contributed by atoms with van der Waals surface area (Å²) in [5.41, 5.74) is 2.78. The Balaban J connectivity index is 1.67. The van der Waals surface area contributed by atoms with Crippen LogP contribution in [0.2, 0.25) is 0 Å². The molecule has 4 nitrogen and oxygen atoms in total. The fourth-order valence-corrected chi connectivity index (χ4v) is 3.65. The van der Waals surface area contributed by atoms with Gasteiger partial charge in [-0.15, -0.1) is 0 Å². The number of nitrogens with one attached hydrogen (secondary N) is 1. The summed E-state index contributed by atoms with van der Waals surface area (Å²) < 4.78 is 8.66. The third-order valence-electron chi connectivity index (χ3n) is 4.46. The Morgan fingerprint density at radius 1 is 1.29 bits per heavy atom. The second kappa shape index (κ2) is 5.98. The van der Waals surface area contributed by atoms with Gasteiger partial charge in [-0.3, -0.25) is 4.79 Å². The monoisotopic (exact) mass is 384 g/mol. The van der Waals surface area contributed by atoms with Crippen molar-refractivity contribution in [2.75, 3.05) is 6.61 Å². The van der Waals surface area contributed by atoms with E-state index in [0.717, 1.165) is 33.1 Å². The number of carbonyl (C=O) groups is 1. The lowest BCUT2D eigenvalue weighted by molar-refractivity contribution is 0.0926. The predicted octanol–water partition coefficient (Wildman–Crippen LogP) is 4.19. The molecule has 2 aromatic carbocycles. The fraction of sp³-hybridized carbons (Fsp3) is 0.211. The van der Waals surface area contributed by atoms with Gasteiger partial charge in [0.15, 0.2) is 0 Å². The highest BCUT2D eigenvalue weighted by Crippen LogP contribution is 2.34. The molecule has 0 saturated heterocycles. The van der Waals surface area contributed by atoms with Gasteiger partial charge in [0, 0.05) is 40.6 Å². The van der Waals surface area contributed by atoms with Gasteiger partial charge >= 0.3 is 0 Å². The summed E-state index contributed by atoms with van der Waals surface area (Å²) >= 11 is 3.49. The van der Waals surface area contributed by atoms with Gasteiger partial charge in [-0.1, -0.05) is 34.1 Å². The predicted molar refractivity (Wildman–Crippen MR) is 97.4 cm³/mol. The number of hydrogen-bond acceptors (Lipinski definition) is 2. The molecular weight excluding hydrogens is 368 g/mol. The summed E-state index contributed by atoms with van der Waals surface area (Å²) in [5.74, 6) is 0.789. The van der Waals surface area contributed by atoms with E-state index in [2.05, 4.69) is 21.2 Å². The standard InChI is InChI=1S/C19H17BrN2O2/c1-22-11-15(13-4-2-3-5-17(13)22)19(23)21-16-8-9-24-18-7-6-12(20)10-14(16)18/h2-7,10-11,16H,8-9H2,1H3,(H,21,23). The smallest absolute Gasteiger partial charge is 0.253 e. The SMILES string of the molecule is Cn1cc(C(=O)NC2CCOc3ccc(Br)cc32)c2ccccc21. The van der Waals surface area contributed by atoms with Crippen LogP contribution in [0.4, 0.5) is 0 Å². The molecule has 0 saturated carbocycles. The molecule has 1 N–H and O–H groups in total. The largest absolute Gasteiger partial charge is 0.493 e. The number of carbonyl (C=O) groups excluding carboxylic acids is 1. The van der Waals surface area contributed by atoms with Crippen molar-refractivity contribution in [3.8, 4) is 5.75 Å². The Kier molecular flexibility index (Phi) is 3.81. The van der Waals surface area contributed by atoms with Crippen molar-refractivity contribution in [1.82, 2.24) is 9.88 Å². The number of nitrogens with zero attached hydrogens (tertiary/aromatic N) is 1. The fourth-order valence-electron chi connectivity index (χ4n) is 3.27. The van der Waals surface area contributed by atoms with Crippen LogP contribution in [0.3, 0.4) is 0 Å². The third-order valence-corrected chi connectivity index (χ3v) is 4.95. The van der Waals surface area contributed by atoms with E-state index in [1.54, 1.807) is 0 Å². The molecule has 0 aliphatic carbocycles. The molecule has 5 heteroatoms. The van der Waals surface area contributed by atoms with E-state index >= 15 is 0 Å². The Morgan fingerprint density at radius 2 is 2.12 bits per heavy atom. The van der Waals surface area contributed by atoms with Gasteiger partial charge in [-0.25, -0.2) is 0 Å². The topological polar surface area (TPSA) is 43.3 Å². The molecule has 0 spiro atoms. The highest BCUT2D eigenvalue weighted by atomic mass is 79.9. The molecule has 3 aromatic rings. The van der Waals surface area contributed by atoms with Gasteiger partial charge in [0.2, 0.25) is 0 Å². The van der Waals surface area contributed by atoms with Crippen LogP contribution >= 0.6 is 15.9 Å². The summed E-state index contributed by atoms with van der Waals surface area (Å²) in [6.45, 7) is 0.606. The molecule has 24 heavy (non-hydrogen) atoms. The lowest BCUT2D eigenvalue weighted by Gasteiger charge is -2.26. The quantitative estimate of drug-likeness (QED) is 0.719. The van der Waals surface area contributed by atoms with Crippen LogP contribution in [0.25, 0.3) is 10.9 Å². The van der Waals surface area contributed by atoms with Gasteiger partial charge in [-0.05, 0) is 24.3 Å². The van der Waals surface area contributed by atoms with Gasteiger partial charge in [-0.2, -0.15) is 0 Å². The first-order valence-corrected chi connectivity index (χ1v) is 8.70. The van der Waals surface area contributed by atoms with Crippen molar-refractivity contribution < 1.29 is 9.53 Å². The highest BCUT2D eigenvalue weighted by Gasteiger charge is 2.25. The van der Waals surface area contributed by atoms with E-state index < -0.39 is 0 Å². The maximum Gasteiger partial charge on any atom is 0.253 e. The van der Waals surface area contributed by atoms with Crippen molar-refractivity contribution in [2.24, 2.45) is 7.05 Å². The molecule has 1 aromatic heterocycles. The normalized spacial score (nSPS) is 16.5. The second-order valence-corrected chi connectivity index (χ2v) is 6.93. The third kappa shape index (κ3) is 2.59. The molecule has 2 heterocycles. The number of rotatable bonds is 2. The minimum absolute atomic E-state index is 0.0438. The number of halogens is 1. The highest BCUT2D eigenvalue weighted by molar-refractivity contribution is 9.10. The average molecular weight is 385 g/mol. The summed E-state index contributed by atoms with van der Waals surface area (Å²) in [6.07, 6.45) is 2.65. The summed E-state index contributed by atoms with van der Waals surface area (Å²) in [6, 6.07) is 13.8. The Morgan fingerprint density at radius 3 is 3.00 bits per heavy atom. The van der Waals surface area contributed by atoms with Gasteiger partial charge in [0.1, 0.15) is 5.75 Å². The zero-order valence-corrected chi connectivity index (χ0v) is 14.8. The van der Waals surface area contributed by atoms with Gasteiger partial charge < -0.3 is 14.6 Å². The minimum atomic E-state index is -0.0513. The molecule has 0 fully saturated rings. The van der Waals surface area contributed by atoms with Gasteiger partial charge in [0.25, 0.3) is 5.91 Å². The van der Waals surface area contributed by atoms with E-state index in [-0.39, 0.29) is 11.9 Å². The zero-order valence-electron chi connectivity index (χ0n) is 13.3. The van der Waals surface area contributed by atoms with E-state index in [4.69, 9.17) is 4.74 Å². The van der Waals surface area contributed by atoms with Crippen LogP contribution in [0.1, 0.15) is 28.4 Å². The van der Waals surface area contributed by atoms with E-state index in [1.807, 2.05) is 60.3 Å². The molecule has 1 unspecified atom stereocenters. The molecule has 1 aliphatic rings. The number of fused-ring (bicyclic) bond motifs is 2. The van der Waals surface area contributed by atoms with Crippen LogP contribution in [0, 0.1) is 0 Å². The van der Waals surface area contributed by atoms with Gasteiger partial charge in [0.05, 0.1) is 18.2 Å². The molecule has 0 radical (unpaired) electrons. The average Bonchev–Trinajstić information content (AvgIpc) is 2.93. The molecule has 1 atom stereocenters.